The minimum atomic E-state index is -0.921. The molecule has 0 spiro atoms. The van der Waals surface area contributed by atoms with Gasteiger partial charge in [0.15, 0.2) is 11.5 Å². The number of amides is 1. The first-order valence-corrected chi connectivity index (χ1v) is 14.0. The van der Waals surface area contributed by atoms with E-state index in [9.17, 15) is 19.5 Å². The number of carbonyl (C=O) groups excluding carboxylic acids is 2. The topological polar surface area (TPSA) is 109 Å². The van der Waals surface area contributed by atoms with Crippen molar-refractivity contribution in [2.75, 3.05) is 6.54 Å². The van der Waals surface area contributed by atoms with Crippen molar-refractivity contribution >= 4 is 23.0 Å². The van der Waals surface area contributed by atoms with Gasteiger partial charge in [-0.3, -0.25) is 24.2 Å². The smallest absolute Gasteiger partial charge is 0.291 e. The second-order valence-corrected chi connectivity index (χ2v) is 10.5. The van der Waals surface area contributed by atoms with Crippen LogP contribution >= 0.6 is 0 Å². The van der Waals surface area contributed by atoms with Gasteiger partial charge in [-0.05, 0) is 19.8 Å². The lowest BCUT2D eigenvalue weighted by molar-refractivity contribution is -0.616. The molecule has 0 saturated carbocycles. The van der Waals surface area contributed by atoms with Crippen LogP contribution in [0.4, 0.5) is 0 Å². The van der Waals surface area contributed by atoms with E-state index in [0.717, 1.165) is 38.5 Å². The molecular formula is C28H45N4O4+. The summed E-state index contributed by atoms with van der Waals surface area (Å²) >= 11 is 0. The van der Waals surface area contributed by atoms with Gasteiger partial charge in [-0.15, -0.1) is 10.1 Å². The highest BCUT2D eigenvalue weighted by atomic mass is 16.3. The molecular weight excluding hydrogens is 456 g/mol. The fourth-order valence-corrected chi connectivity index (χ4v) is 5.45. The summed E-state index contributed by atoms with van der Waals surface area (Å²) in [4.78, 5) is 39.3. The van der Waals surface area contributed by atoms with E-state index in [1.807, 2.05) is 0 Å². The van der Waals surface area contributed by atoms with Crippen molar-refractivity contribution in [2.24, 2.45) is 11.8 Å². The fraction of sp³-hybridized carbons (Fsp3) is 0.714. The maximum Gasteiger partial charge on any atom is 0.291 e. The molecule has 0 fully saturated rings. The van der Waals surface area contributed by atoms with Gasteiger partial charge < -0.3 is 5.11 Å². The first kappa shape index (κ1) is 27.9. The molecule has 0 saturated heterocycles. The van der Waals surface area contributed by atoms with Gasteiger partial charge in [-0.2, -0.15) is 0 Å². The van der Waals surface area contributed by atoms with Gasteiger partial charge in [0.1, 0.15) is 17.6 Å². The van der Waals surface area contributed by atoms with Gasteiger partial charge >= 0.3 is 0 Å². The van der Waals surface area contributed by atoms with E-state index in [0.29, 0.717) is 24.5 Å². The Bertz CT molecular complexity index is 1050. The van der Waals surface area contributed by atoms with E-state index in [1.165, 1.54) is 43.2 Å². The zero-order valence-corrected chi connectivity index (χ0v) is 22.6. The standard InChI is InChI=1S/C28H44N4O4/c1-5-7-9-11-13-15-17-31-27(35)21(19(3)29-31)23-25(33)24(26(23)34)22-20(4)30-32(28(22)36)18-16-14-12-10-8-6-2/h21,23,30,33H,5-18H2,1-4H3/p+1. The Morgan fingerprint density at radius 1 is 0.806 bits per heavy atom. The molecule has 8 heteroatoms. The molecule has 2 heterocycles. The quantitative estimate of drug-likeness (QED) is 0.301. The normalized spacial score (nSPS) is 19.9. The number of unbranched alkanes of at least 4 members (excludes halogenated alkanes) is 10. The number of nitrogens with zero attached hydrogens (tertiary/aromatic N) is 2. The van der Waals surface area contributed by atoms with E-state index >= 15 is 0 Å². The highest BCUT2D eigenvalue weighted by Gasteiger charge is 2.55. The molecule has 2 aliphatic rings. The average Bonchev–Trinajstić information content (AvgIpc) is 3.28. The third-order valence-corrected chi connectivity index (χ3v) is 7.58. The van der Waals surface area contributed by atoms with Gasteiger partial charge in [-0.25, -0.2) is 0 Å². The van der Waals surface area contributed by atoms with Crippen molar-refractivity contribution < 1.29 is 19.8 Å². The van der Waals surface area contributed by atoms with Gasteiger partial charge in [0.25, 0.3) is 11.5 Å². The molecule has 1 aromatic heterocycles. The SMILES string of the molecule is CCCCCCCCN1[NH+]=C(C)C(C2C(=O)C(c3c(C)[nH]n(CCCCCCCC)c3=O)=C2O)C1=O. The summed E-state index contributed by atoms with van der Waals surface area (Å²) in [5.41, 5.74) is 1.26. The predicted molar refractivity (Wildman–Crippen MR) is 141 cm³/mol. The second-order valence-electron chi connectivity index (χ2n) is 10.5. The van der Waals surface area contributed by atoms with Crippen LogP contribution in [0.1, 0.15) is 109 Å². The van der Waals surface area contributed by atoms with Gasteiger partial charge in [-0.1, -0.05) is 78.1 Å². The molecule has 3 rings (SSSR count). The number of Topliss-reactive ketones (excluding diaryl/α,β-unsaturated/α-hetero) is 1. The number of hydrogen-bond acceptors (Lipinski definition) is 4. The molecule has 200 valence electrons. The zero-order chi connectivity index (χ0) is 26.2. The Kier molecular flexibility index (Phi) is 10.1. The lowest BCUT2D eigenvalue weighted by Crippen LogP contribution is -2.80. The Hall–Kier alpha value is -2.64. The second kappa shape index (κ2) is 13.1. The first-order valence-electron chi connectivity index (χ1n) is 14.0. The molecule has 0 radical (unpaired) electrons. The van der Waals surface area contributed by atoms with Crippen LogP contribution in [-0.4, -0.2) is 43.8 Å². The number of hydrazone groups is 1. The van der Waals surface area contributed by atoms with Crippen LogP contribution in [0.5, 0.6) is 0 Å². The average molecular weight is 502 g/mol. The van der Waals surface area contributed by atoms with E-state index in [2.05, 4.69) is 24.0 Å². The summed E-state index contributed by atoms with van der Waals surface area (Å²) in [6.45, 7) is 9.05. The maximum atomic E-state index is 13.2. The lowest BCUT2D eigenvalue weighted by atomic mass is 9.70. The van der Waals surface area contributed by atoms with Crippen molar-refractivity contribution in [1.82, 2.24) is 14.8 Å². The largest absolute Gasteiger partial charge is 0.511 e. The Morgan fingerprint density at radius 2 is 1.36 bits per heavy atom. The number of aromatic amines is 1. The van der Waals surface area contributed by atoms with Crippen LogP contribution in [0.25, 0.3) is 5.57 Å². The third-order valence-electron chi connectivity index (χ3n) is 7.58. The number of H-pyrrole nitrogens is 1. The molecule has 3 N–H and O–H groups in total. The molecule has 0 bridgehead atoms. The summed E-state index contributed by atoms with van der Waals surface area (Å²) in [6.07, 6.45) is 13.5. The van der Waals surface area contributed by atoms with Crippen molar-refractivity contribution in [3.8, 4) is 0 Å². The van der Waals surface area contributed by atoms with Crippen LogP contribution < -0.4 is 10.7 Å². The van der Waals surface area contributed by atoms with Crippen LogP contribution in [0.15, 0.2) is 10.6 Å². The lowest BCUT2D eigenvalue weighted by Gasteiger charge is -2.29. The van der Waals surface area contributed by atoms with Gasteiger partial charge in [0.05, 0.1) is 17.7 Å². The van der Waals surface area contributed by atoms with Crippen molar-refractivity contribution in [3.05, 3.63) is 27.4 Å². The molecule has 2 atom stereocenters. The molecule has 1 amide bonds. The summed E-state index contributed by atoms with van der Waals surface area (Å²) in [5.74, 6) is -2.32. The number of rotatable bonds is 16. The summed E-state index contributed by atoms with van der Waals surface area (Å²) < 4.78 is 1.53. The number of aliphatic hydroxyl groups is 1. The van der Waals surface area contributed by atoms with E-state index in [1.54, 1.807) is 18.9 Å². The molecule has 8 nitrogen and oxygen atoms in total. The number of carbonyl (C=O) groups is 2. The number of nitrogens with one attached hydrogen (secondary N) is 2. The zero-order valence-electron chi connectivity index (χ0n) is 22.6. The summed E-state index contributed by atoms with van der Waals surface area (Å²) in [6, 6.07) is 0. The number of hydrazine groups is 1. The molecule has 36 heavy (non-hydrogen) atoms. The Labute approximate surface area is 214 Å². The number of ketones is 1. The maximum absolute atomic E-state index is 13.2. The summed E-state index contributed by atoms with van der Waals surface area (Å²) in [5, 5.41) is 18.7. The minimum absolute atomic E-state index is 0.0652. The fourth-order valence-electron chi connectivity index (χ4n) is 5.45. The third kappa shape index (κ3) is 6.01. The van der Waals surface area contributed by atoms with Crippen LogP contribution in [0.3, 0.4) is 0 Å². The van der Waals surface area contributed by atoms with Crippen LogP contribution in [-0.2, 0) is 16.1 Å². The highest BCUT2D eigenvalue weighted by molar-refractivity contribution is 6.32. The van der Waals surface area contributed by atoms with Crippen molar-refractivity contribution in [3.63, 3.8) is 0 Å². The number of allylic oxidation sites excluding steroid dienone is 2. The van der Waals surface area contributed by atoms with Gasteiger partial charge in [0, 0.05) is 19.2 Å². The molecule has 1 aliphatic carbocycles. The minimum Gasteiger partial charge on any atom is -0.511 e. The van der Waals surface area contributed by atoms with E-state index < -0.39 is 11.8 Å². The number of aromatic nitrogens is 2. The molecule has 1 aromatic rings. The Morgan fingerprint density at radius 3 is 1.94 bits per heavy atom. The Balaban J connectivity index is 1.63. The van der Waals surface area contributed by atoms with Crippen LogP contribution in [0.2, 0.25) is 0 Å². The predicted octanol–water partition coefficient (Wildman–Crippen LogP) is 3.59. The summed E-state index contributed by atoms with van der Waals surface area (Å²) in [7, 11) is 0. The van der Waals surface area contributed by atoms with Gasteiger partial charge in [0.2, 0.25) is 0 Å². The molecule has 2 unspecified atom stereocenters. The molecule has 0 aromatic carbocycles. The number of aliphatic hydroxyl groups excluding tert-OH is 1. The van der Waals surface area contributed by atoms with E-state index in [4.69, 9.17) is 0 Å². The highest BCUT2D eigenvalue weighted by Crippen LogP contribution is 2.41. The monoisotopic (exact) mass is 501 g/mol. The number of aryl methyl sites for hydroxylation is 2. The van der Waals surface area contributed by atoms with E-state index in [-0.39, 0.29) is 34.1 Å². The first-order chi connectivity index (χ1) is 17.3. The number of hydrogen-bond donors (Lipinski definition) is 3. The van der Waals surface area contributed by atoms with Crippen molar-refractivity contribution in [1.29, 1.82) is 0 Å². The van der Waals surface area contributed by atoms with Crippen LogP contribution in [0, 0.1) is 18.8 Å². The molecule has 1 aliphatic heterocycles. The van der Waals surface area contributed by atoms with Crippen molar-refractivity contribution in [2.45, 2.75) is 111 Å².